The van der Waals surface area contributed by atoms with Crippen LogP contribution in [-0.4, -0.2) is 24.1 Å². The fraction of sp³-hybridized carbons (Fsp3) is 0.462. The first-order chi connectivity index (χ1) is 8.54. The second-order valence-corrected chi connectivity index (χ2v) is 3.83. The van der Waals surface area contributed by atoms with E-state index in [2.05, 4.69) is 4.74 Å². The summed E-state index contributed by atoms with van der Waals surface area (Å²) < 4.78 is 28.7. The van der Waals surface area contributed by atoms with Gasteiger partial charge in [0.1, 0.15) is 0 Å². The van der Waals surface area contributed by atoms with Crippen LogP contribution < -0.4 is 0 Å². The van der Waals surface area contributed by atoms with Crippen LogP contribution in [-0.2, 0) is 16.0 Å². The first-order valence-corrected chi connectivity index (χ1v) is 5.76. The molecule has 1 rings (SSSR count). The van der Waals surface area contributed by atoms with Crippen LogP contribution in [0.5, 0.6) is 0 Å². The van der Waals surface area contributed by atoms with Crippen molar-refractivity contribution in [3.8, 4) is 0 Å². The maximum atomic E-state index is 12.0. The van der Waals surface area contributed by atoms with E-state index in [1.165, 1.54) is 0 Å². The molecule has 0 saturated carbocycles. The third-order valence-corrected chi connectivity index (χ3v) is 2.46. The summed E-state index contributed by atoms with van der Waals surface area (Å²) in [5.74, 6) is -0.710. The van der Waals surface area contributed by atoms with E-state index in [0.29, 0.717) is 5.56 Å². The summed E-state index contributed by atoms with van der Waals surface area (Å²) in [7, 11) is 0. The van der Waals surface area contributed by atoms with Crippen molar-refractivity contribution in [1.29, 1.82) is 0 Å². The van der Waals surface area contributed by atoms with E-state index in [9.17, 15) is 18.7 Å². The lowest BCUT2D eigenvalue weighted by molar-refractivity contribution is -0.153. The van der Waals surface area contributed by atoms with Crippen molar-refractivity contribution < 1.29 is 23.4 Å². The molecule has 0 aliphatic carbocycles. The Morgan fingerprint density at radius 2 is 1.94 bits per heavy atom. The van der Waals surface area contributed by atoms with Crippen molar-refractivity contribution in [2.45, 2.75) is 32.3 Å². The van der Waals surface area contributed by atoms with Gasteiger partial charge in [-0.1, -0.05) is 24.3 Å². The van der Waals surface area contributed by atoms with E-state index < -0.39 is 18.5 Å². The first kappa shape index (κ1) is 14.6. The molecule has 1 aromatic carbocycles. The Bertz CT molecular complexity index is 376. The number of ether oxygens (including phenoxy) is 1. The summed E-state index contributed by atoms with van der Waals surface area (Å²) >= 11 is 0. The number of aryl methyl sites for hydroxylation is 1. The highest BCUT2D eigenvalue weighted by Gasteiger charge is 2.18. The number of aliphatic hydroxyl groups excluding tert-OH is 1. The summed E-state index contributed by atoms with van der Waals surface area (Å²) in [6, 6.07) is 6.34. The normalized spacial score (nSPS) is 12.5. The highest BCUT2D eigenvalue weighted by atomic mass is 19.3. The number of aliphatic hydroxyl groups is 1. The summed E-state index contributed by atoms with van der Waals surface area (Å²) in [6.07, 6.45) is -3.57. The lowest BCUT2D eigenvalue weighted by atomic mass is 10.0. The Kier molecular flexibility index (Phi) is 5.71. The highest BCUT2D eigenvalue weighted by molar-refractivity contribution is 5.76. The molecule has 1 N–H and O–H groups in total. The van der Waals surface area contributed by atoms with Gasteiger partial charge >= 0.3 is 5.97 Å². The quantitative estimate of drug-likeness (QED) is 0.797. The number of esters is 1. The third kappa shape index (κ3) is 4.41. The zero-order chi connectivity index (χ0) is 13.5. The second kappa shape index (κ2) is 7.06. The van der Waals surface area contributed by atoms with Gasteiger partial charge in [0.2, 0.25) is 6.43 Å². The minimum atomic E-state index is -2.32. The topological polar surface area (TPSA) is 46.5 Å². The van der Waals surface area contributed by atoms with Crippen LogP contribution in [0.2, 0.25) is 0 Å². The highest BCUT2D eigenvalue weighted by Crippen LogP contribution is 2.16. The van der Waals surface area contributed by atoms with E-state index in [-0.39, 0.29) is 19.4 Å². The lowest BCUT2D eigenvalue weighted by Gasteiger charge is -2.10. The number of carbonyl (C=O) groups is 1. The molecule has 0 fully saturated rings. The van der Waals surface area contributed by atoms with Crippen molar-refractivity contribution in [3.05, 3.63) is 35.4 Å². The molecule has 18 heavy (non-hydrogen) atoms. The molecular formula is C13H16F2O3. The van der Waals surface area contributed by atoms with Crippen LogP contribution in [0.4, 0.5) is 8.78 Å². The average Bonchev–Trinajstić information content (AvgIpc) is 2.36. The molecule has 0 heterocycles. The Labute approximate surface area is 104 Å². The summed E-state index contributed by atoms with van der Waals surface area (Å²) in [5, 5.41) is 9.63. The molecule has 5 heteroatoms. The van der Waals surface area contributed by atoms with Crippen molar-refractivity contribution in [3.63, 3.8) is 0 Å². The van der Waals surface area contributed by atoms with Crippen molar-refractivity contribution in [2.75, 3.05) is 6.61 Å². The van der Waals surface area contributed by atoms with E-state index in [1.807, 2.05) is 0 Å². The van der Waals surface area contributed by atoms with Gasteiger partial charge in [-0.25, -0.2) is 13.6 Å². The van der Waals surface area contributed by atoms with Gasteiger partial charge < -0.3 is 9.84 Å². The number of hydrogen-bond donors (Lipinski definition) is 1. The van der Waals surface area contributed by atoms with Gasteiger partial charge in [0, 0.05) is 6.42 Å². The van der Waals surface area contributed by atoms with E-state index in [1.54, 1.807) is 31.2 Å². The van der Waals surface area contributed by atoms with Gasteiger partial charge in [-0.3, -0.25) is 0 Å². The number of rotatable bonds is 6. The zero-order valence-corrected chi connectivity index (χ0v) is 10.1. The van der Waals surface area contributed by atoms with Gasteiger partial charge in [0.25, 0.3) is 0 Å². The number of benzene rings is 1. The van der Waals surface area contributed by atoms with E-state index >= 15 is 0 Å². The summed E-state index contributed by atoms with van der Waals surface area (Å²) in [5.41, 5.74) is 1.14. The minimum Gasteiger partial charge on any atom is -0.464 e. The molecule has 0 radical (unpaired) electrons. The zero-order valence-electron chi connectivity index (χ0n) is 10.1. The molecule has 1 aromatic rings. The standard InChI is InChI=1S/C13H16F2O3/c1-2-18-13(17)12(16)10-6-3-9(4-7-10)5-8-11(14)15/h3-4,6-7,11-12,16H,2,5,8H2,1H3. The molecule has 1 atom stereocenters. The van der Waals surface area contributed by atoms with Crippen molar-refractivity contribution >= 4 is 5.97 Å². The smallest absolute Gasteiger partial charge is 0.339 e. The van der Waals surface area contributed by atoms with Gasteiger partial charge in [-0.15, -0.1) is 0 Å². The number of alkyl halides is 2. The Hall–Kier alpha value is -1.49. The van der Waals surface area contributed by atoms with Crippen molar-refractivity contribution in [1.82, 2.24) is 0 Å². The predicted molar refractivity (Wildman–Crippen MR) is 62.4 cm³/mol. The largest absolute Gasteiger partial charge is 0.464 e. The minimum absolute atomic E-state index is 0.195. The monoisotopic (exact) mass is 258 g/mol. The van der Waals surface area contributed by atoms with Crippen molar-refractivity contribution in [2.24, 2.45) is 0 Å². The molecule has 0 aromatic heterocycles. The predicted octanol–water partition coefficient (Wildman–Crippen LogP) is 2.48. The maximum absolute atomic E-state index is 12.0. The summed E-state index contributed by atoms with van der Waals surface area (Å²) in [4.78, 5) is 11.3. The molecule has 0 saturated heterocycles. The van der Waals surface area contributed by atoms with Gasteiger partial charge in [-0.05, 0) is 24.5 Å². The fourth-order valence-corrected chi connectivity index (χ4v) is 1.50. The first-order valence-electron chi connectivity index (χ1n) is 5.76. The summed E-state index contributed by atoms with van der Waals surface area (Å²) in [6.45, 7) is 1.85. The molecule has 1 unspecified atom stereocenters. The van der Waals surface area contributed by atoms with Gasteiger partial charge in [0.05, 0.1) is 6.61 Å². The fourth-order valence-electron chi connectivity index (χ4n) is 1.50. The third-order valence-electron chi connectivity index (χ3n) is 2.46. The molecule has 0 spiro atoms. The van der Waals surface area contributed by atoms with Crippen LogP contribution >= 0.6 is 0 Å². The van der Waals surface area contributed by atoms with Crippen LogP contribution in [0, 0.1) is 0 Å². The molecule has 0 amide bonds. The average molecular weight is 258 g/mol. The molecule has 3 nitrogen and oxygen atoms in total. The SMILES string of the molecule is CCOC(=O)C(O)c1ccc(CCC(F)F)cc1. The number of hydrogen-bond acceptors (Lipinski definition) is 3. The molecule has 100 valence electrons. The molecule has 0 aliphatic heterocycles. The second-order valence-electron chi connectivity index (χ2n) is 3.83. The number of halogens is 2. The van der Waals surface area contributed by atoms with Gasteiger partial charge in [-0.2, -0.15) is 0 Å². The lowest BCUT2D eigenvalue weighted by Crippen LogP contribution is -2.15. The molecular weight excluding hydrogens is 242 g/mol. The van der Waals surface area contributed by atoms with Crippen LogP contribution in [0.1, 0.15) is 30.6 Å². The van der Waals surface area contributed by atoms with Crippen LogP contribution in [0.15, 0.2) is 24.3 Å². The maximum Gasteiger partial charge on any atom is 0.339 e. The Morgan fingerprint density at radius 3 is 2.44 bits per heavy atom. The van der Waals surface area contributed by atoms with E-state index in [4.69, 9.17) is 0 Å². The van der Waals surface area contributed by atoms with Crippen LogP contribution in [0.3, 0.4) is 0 Å². The number of carbonyl (C=O) groups excluding carboxylic acids is 1. The Balaban J connectivity index is 2.61. The van der Waals surface area contributed by atoms with E-state index in [0.717, 1.165) is 5.56 Å². The Morgan fingerprint density at radius 1 is 1.33 bits per heavy atom. The van der Waals surface area contributed by atoms with Gasteiger partial charge in [0.15, 0.2) is 6.10 Å². The molecule has 0 bridgehead atoms. The van der Waals surface area contributed by atoms with Crippen LogP contribution in [0.25, 0.3) is 0 Å². The molecule has 0 aliphatic rings.